The van der Waals surface area contributed by atoms with E-state index in [0.29, 0.717) is 24.7 Å². The number of nitrogens with zero attached hydrogens (tertiary/aromatic N) is 2. The number of fused-ring (bicyclic) bond motifs is 1. The largest absolute Gasteiger partial charge is 0.477 e. The van der Waals surface area contributed by atoms with E-state index in [9.17, 15) is 4.79 Å². The van der Waals surface area contributed by atoms with Crippen molar-refractivity contribution in [1.29, 1.82) is 0 Å². The van der Waals surface area contributed by atoms with Crippen molar-refractivity contribution in [2.45, 2.75) is 6.42 Å². The molecule has 1 aromatic carbocycles. The SMILES string of the molecule is O=C1C=C(c2c[nH]c3ncnc(OCCc4ccccc4)c23)CN1. The number of aromatic amines is 1. The molecule has 0 aliphatic carbocycles. The Balaban J connectivity index is 1.60. The highest BCUT2D eigenvalue weighted by Crippen LogP contribution is 2.31. The van der Waals surface area contributed by atoms with Gasteiger partial charge in [-0.05, 0) is 11.1 Å². The van der Waals surface area contributed by atoms with Crippen molar-refractivity contribution in [3.05, 3.63) is 60.1 Å². The molecule has 0 bridgehead atoms. The van der Waals surface area contributed by atoms with Gasteiger partial charge in [0.25, 0.3) is 0 Å². The van der Waals surface area contributed by atoms with E-state index in [0.717, 1.165) is 22.9 Å². The number of hydrogen-bond acceptors (Lipinski definition) is 4. The molecule has 2 N–H and O–H groups in total. The van der Waals surface area contributed by atoms with Gasteiger partial charge in [-0.15, -0.1) is 0 Å². The summed E-state index contributed by atoms with van der Waals surface area (Å²) < 4.78 is 5.90. The zero-order chi connectivity index (χ0) is 16.4. The van der Waals surface area contributed by atoms with Gasteiger partial charge in [0, 0.05) is 30.8 Å². The summed E-state index contributed by atoms with van der Waals surface area (Å²) >= 11 is 0. The summed E-state index contributed by atoms with van der Waals surface area (Å²) in [6.45, 7) is 1.03. The van der Waals surface area contributed by atoms with E-state index in [4.69, 9.17) is 4.74 Å². The van der Waals surface area contributed by atoms with Crippen LogP contribution in [0, 0.1) is 0 Å². The lowest BCUT2D eigenvalue weighted by atomic mass is 10.1. The van der Waals surface area contributed by atoms with E-state index in [-0.39, 0.29) is 5.91 Å². The molecule has 0 unspecified atom stereocenters. The Morgan fingerprint density at radius 1 is 1.17 bits per heavy atom. The smallest absolute Gasteiger partial charge is 0.244 e. The molecule has 0 fully saturated rings. The van der Waals surface area contributed by atoms with Crippen molar-refractivity contribution in [2.75, 3.05) is 13.2 Å². The number of hydrogen-bond donors (Lipinski definition) is 2. The first-order chi connectivity index (χ1) is 11.8. The molecular formula is C18H16N4O2. The highest BCUT2D eigenvalue weighted by Gasteiger charge is 2.19. The molecule has 1 amide bonds. The summed E-state index contributed by atoms with van der Waals surface area (Å²) in [5.41, 5.74) is 3.73. The van der Waals surface area contributed by atoms with Crippen molar-refractivity contribution in [3.63, 3.8) is 0 Å². The first-order valence-corrected chi connectivity index (χ1v) is 7.79. The molecule has 3 heterocycles. The number of carbonyl (C=O) groups excluding carboxylic acids is 1. The molecule has 0 saturated carbocycles. The molecule has 0 atom stereocenters. The Hall–Kier alpha value is -3.15. The molecular weight excluding hydrogens is 304 g/mol. The maximum atomic E-state index is 11.4. The molecule has 4 rings (SSSR count). The lowest BCUT2D eigenvalue weighted by Gasteiger charge is -2.08. The highest BCUT2D eigenvalue weighted by molar-refractivity contribution is 6.05. The van der Waals surface area contributed by atoms with E-state index >= 15 is 0 Å². The first-order valence-electron chi connectivity index (χ1n) is 7.79. The van der Waals surface area contributed by atoms with Crippen LogP contribution in [-0.2, 0) is 11.2 Å². The first kappa shape index (κ1) is 14.4. The van der Waals surface area contributed by atoms with Crippen LogP contribution in [-0.4, -0.2) is 34.0 Å². The molecule has 1 aliphatic rings. The van der Waals surface area contributed by atoms with Crippen LogP contribution in [0.5, 0.6) is 5.88 Å². The third-order valence-electron chi connectivity index (χ3n) is 4.01. The molecule has 0 spiro atoms. The molecule has 0 saturated heterocycles. The van der Waals surface area contributed by atoms with E-state index in [2.05, 4.69) is 32.4 Å². The number of rotatable bonds is 5. The number of carbonyl (C=O) groups is 1. The third-order valence-corrected chi connectivity index (χ3v) is 4.01. The predicted octanol–water partition coefficient (Wildman–Crippen LogP) is 2.09. The predicted molar refractivity (Wildman–Crippen MR) is 90.5 cm³/mol. The lowest BCUT2D eigenvalue weighted by Crippen LogP contribution is -2.14. The molecule has 120 valence electrons. The summed E-state index contributed by atoms with van der Waals surface area (Å²) in [6.07, 6.45) is 5.72. The number of ether oxygens (including phenoxy) is 1. The molecule has 0 radical (unpaired) electrons. The second kappa shape index (κ2) is 6.16. The zero-order valence-corrected chi connectivity index (χ0v) is 13.0. The Morgan fingerprint density at radius 3 is 2.83 bits per heavy atom. The van der Waals surface area contributed by atoms with Gasteiger partial charge in [-0.2, -0.15) is 0 Å². The summed E-state index contributed by atoms with van der Waals surface area (Å²) in [6, 6.07) is 10.2. The van der Waals surface area contributed by atoms with Gasteiger partial charge in [-0.25, -0.2) is 9.97 Å². The Bertz CT molecular complexity index is 915. The van der Waals surface area contributed by atoms with Crippen LogP contribution < -0.4 is 10.1 Å². The average molecular weight is 320 g/mol. The number of nitrogens with one attached hydrogen (secondary N) is 2. The minimum absolute atomic E-state index is 0.0808. The fraction of sp³-hybridized carbons (Fsp3) is 0.167. The number of aromatic nitrogens is 3. The van der Waals surface area contributed by atoms with Crippen LogP contribution in [0.15, 0.2) is 48.9 Å². The average Bonchev–Trinajstić information content (AvgIpc) is 3.22. The van der Waals surface area contributed by atoms with Crippen molar-refractivity contribution < 1.29 is 9.53 Å². The Labute approximate surface area is 138 Å². The van der Waals surface area contributed by atoms with Crippen LogP contribution >= 0.6 is 0 Å². The van der Waals surface area contributed by atoms with Crippen LogP contribution in [0.3, 0.4) is 0 Å². The van der Waals surface area contributed by atoms with Crippen molar-refractivity contribution in [3.8, 4) is 5.88 Å². The molecule has 24 heavy (non-hydrogen) atoms. The van der Waals surface area contributed by atoms with Gasteiger partial charge >= 0.3 is 0 Å². The summed E-state index contributed by atoms with van der Waals surface area (Å²) in [5, 5.41) is 3.59. The van der Waals surface area contributed by atoms with E-state index in [1.807, 2.05) is 24.4 Å². The fourth-order valence-corrected chi connectivity index (χ4v) is 2.82. The second-order valence-electron chi connectivity index (χ2n) is 5.58. The molecule has 6 heteroatoms. The van der Waals surface area contributed by atoms with Gasteiger partial charge in [0.1, 0.15) is 12.0 Å². The van der Waals surface area contributed by atoms with Gasteiger partial charge in [0.15, 0.2) is 0 Å². The Kier molecular flexibility index (Phi) is 3.70. The monoisotopic (exact) mass is 320 g/mol. The summed E-state index contributed by atoms with van der Waals surface area (Å²) in [7, 11) is 0. The third kappa shape index (κ3) is 2.74. The maximum absolute atomic E-state index is 11.4. The standard InChI is InChI=1S/C18H16N4O2/c23-15-8-13(9-19-15)14-10-20-17-16(14)18(22-11-21-17)24-7-6-12-4-2-1-3-5-12/h1-5,8,10-11H,6-7,9H2,(H,19,23)(H,20,21,22). The van der Waals surface area contributed by atoms with Gasteiger partial charge < -0.3 is 15.0 Å². The molecule has 6 nitrogen and oxygen atoms in total. The van der Waals surface area contributed by atoms with Crippen molar-refractivity contribution in [2.24, 2.45) is 0 Å². The topological polar surface area (TPSA) is 79.9 Å². The van der Waals surface area contributed by atoms with Crippen molar-refractivity contribution in [1.82, 2.24) is 20.3 Å². The van der Waals surface area contributed by atoms with Gasteiger partial charge in [0.05, 0.1) is 12.0 Å². The molecule has 1 aliphatic heterocycles. The quantitative estimate of drug-likeness (QED) is 0.754. The normalized spacial score (nSPS) is 13.8. The van der Waals surface area contributed by atoms with Crippen LogP contribution in [0.4, 0.5) is 0 Å². The summed E-state index contributed by atoms with van der Waals surface area (Å²) in [4.78, 5) is 23.1. The lowest BCUT2D eigenvalue weighted by molar-refractivity contribution is -0.115. The number of amides is 1. The number of benzene rings is 1. The number of H-pyrrole nitrogens is 1. The highest BCUT2D eigenvalue weighted by atomic mass is 16.5. The van der Waals surface area contributed by atoms with Crippen molar-refractivity contribution >= 4 is 22.5 Å². The van der Waals surface area contributed by atoms with Gasteiger partial charge in [-0.3, -0.25) is 4.79 Å². The van der Waals surface area contributed by atoms with Crippen LogP contribution in [0.25, 0.3) is 16.6 Å². The van der Waals surface area contributed by atoms with Crippen LogP contribution in [0.1, 0.15) is 11.1 Å². The van der Waals surface area contributed by atoms with Gasteiger partial charge in [-0.1, -0.05) is 30.3 Å². The molecule has 2 aromatic heterocycles. The minimum atomic E-state index is -0.0808. The fourth-order valence-electron chi connectivity index (χ4n) is 2.82. The second-order valence-corrected chi connectivity index (χ2v) is 5.58. The van der Waals surface area contributed by atoms with E-state index in [1.54, 1.807) is 6.08 Å². The Morgan fingerprint density at radius 2 is 2.04 bits per heavy atom. The maximum Gasteiger partial charge on any atom is 0.244 e. The minimum Gasteiger partial charge on any atom is -0.477 e. The van der Waals surface area contributed by atoms with E-state index < -0.39 is 0 Å². The molecule has 3 aromatic rings. The van der Waals surface area contributed by atoms with E-state index in [1.165, 1.54) is 11.9 Å². The van der Waals surface area contributed by atoms with Crippen LogP contribution in [0.2, 0.25) is 0 Å². The van der Waals surface area contributed by atoms with Gasteiger partial charge in [0.2, 0.25) is 11.8 Å². The zero-order valence-electron chi connectivity index (χ0n) is 13.0. The summed E-state index contributed by atoms with van der Waals surface area (Å²) in [5.74, 6) is 0.454.